The standard InChI is InChI=1S/C22H31ClN8O2/c1-21(2,3)18(19(30-15-24-14-25-30)33-17-8-6-16(23)7-9-17)31-20(26-27-28-31)22(4,5)29-10-12-32-13-11-29/h6-9,14-15,18-19H,10-13H2,1-5H3/p+1/t18-,19-/m0/s1. The minimum absolute atomic E-state index is 0.288. The van der Waals surface area contributed by atoms with Crippen LogP contribution in [0.4, 0.5) is 0 Å². The Morgan fingerprint density at radius 2 is 1.79 bits per heavy atom. The molecule has 33 heavy (non-hydrogen) atoms. The van der Waals surface area contributed by atoms with Gasteiger partial charge in [0.15, 0.2) is 5.54 Å². The van der Waals surface area contributed by atoms with E-state index in [0.717, 1.165) is 32.1 Å². The fourth-order valence-corrected chi connectivity index (χ4v) is 4.50. The summed E-state index contributed by atoms with van der Waals surface area (Å²) in [7, 11) is 0. The minimum atomic E-state index is -0.550. The Bertz CT molecular complexity index is 1020. The molecule has 0 amide bonds. The average Bonchev–Trinajstić information content (AvgIpc) is 3.47. The average molecular weight is 476 g/mol. The van der Waals surface area contributed by atoms with Crippen molar-refractivity contribution in [1.29, 1.82) is 0 Å². The zero-order chi connectivity index (χ0) is 23.6. The molecule has 3 aromatic rings. The molecule has 11 heteroatoms. The van der Waals surface area contributed by atoms with Crippen LogP contribution in [0.25, 0.3) is 0 Å². The van der Waals surface area contributed by atoms with Crippen molar-refractivity contribution < 1.29 is 14.4 Å². The topological polar surface area (TPSA) is 97.2 Å². The summed E-state index contributed by atoms with van der Waals surface area (Å²) in [6.07, 6.45) is 2.61. The van der Waals surface area contributed by atoms with Gasteiger partial charge in [-0.25, -0.2) is 14.3 Å². The number of hydrogen-bond acceptors (Lipinski definition) is 7. The van der Waals surface area contributed by atoms with Crippen molar-refractivity contribution in [3.8, 4) is 5.75 Å². The van der Waals surface area contributed by atoms with Gasteiger partial charge in [0.05, 0.1) is 13.2 Å². The zero-order valence-corrected chi connectivity index (χ0v) is 20.5. The predicted octanol–water partition coefficient (Wildman–Crippen LogP) is 1.93. The molecule has 2 atom stereocenters. The van der Waals surface area contributed by atoms with Crippen molar-refractivity contribution in [2.24, 2.45) is 5.41 Å². The molecule has 1 N–H and O–H groups in total. The van der Waals surface area contributed by atoms with Gasteiger partial charge in [-0.05, 0) is 54.0 Å². The van der Waals surface area contributed by atoms with Crippen LogP contribution in [0.15, 0.2) is 36.9 Å². The highest BCUT2D eigenvalue weighted by atomic mass is 35.5. The quantitative estimate of drug-likeness (QED) is 0.557. The first-order valence-electron chi connectivity index (χ1n) is 11.2. The molecule has 2 aromatic heterocycles. The summed E-state index contributed by atoms with van der Waals surface area (Å²) < 4.78 is 15.7. The van der Waals surface area contributed by atoms with E-state index in [4.69, 9.17) is 21.1 Å². The summed E-state index contributed by atoms with van der Waals surface area (Å²) in [6, 6.07) is 6.99. The number of aromatic nitrogens is 7. The number of halogens is 1. The Morgan fingerprint density at radius 3 is 2.39 bits per heavy atom. The molecule has 178 valence electrons. The van der Waals surface area contributed by atoms with Crippen LogP contribution in [0.3, 0.4) is 0 Å². The number of tetrazole rings is 1. The molecule has 1 aromatic carbocycles. The van der Waals surface area contributed by atoms with Crippen LogP contribution in [-0.2, 0) is 10.3 Å². The predicted molar refractivity (Wildman–Crippen MR) is 122 cm³/mol. The first kappa shape index (κ1) is 23.6. The van der Waals surface area contributed by atoms with E-state index in [1.54, 1.807) is 23.1 Å². The number of ether oxygens (including phenoxy) is 2. The summed E-state index contributed by atoms with van der Waals surface area (Å²) >= 11 is 6.08. The molecule has 0 bridgehead atoms. The summed E-state index contributed by atoms with van der Waals surface area (Å²) in [5.74, 6) is 1.46. The number of nitrogens with zero attached hydrogens (tertiary/aromatic N) is 7. The summed E-state index contributed by atoms with van der Waals surface area (Å²) in [6.45, 7) is 14.0. The Kier molecular flexibility index (Phi) is 6.69. The van der Waals surface area contributed by atoms with Gasteiger partial charge in [-0.3, -0.25) is 0 Å². The van der Waals surface area contributed by atoms with Crippen LogP contribution in [0, 0.1) is 5.41 Å². The highest BCUT2D eigenvalue weighted by Gasteiger charge is 2.45. The molecule has 0 spiro atoms. The van der Waals surface area contributed by atoms with Gasteiger partial charge >= 0.3 is 0 Å². The van der Waals surface area contributed by atoms with Gasteiger partial charge in [0.2, 0.25) is 12.1 Å². The maximum absolute atomic E-state index is 6.50. The molecular formula is C22H32ClN8O2+. The maximum Gasteiger partial charge on any atom is 0.215 e. The van der Waals surface area contributed by atoms with E-state index in [-0.39, 0.29) is 17.0 Å². The van der Waals surface area contributed by atoms with Crippen molar-refractivity contribution in [3.05, 3.63) is 47.8 Å². The molecule has 1 aliphatic rings. The van der Waals surface area contributed by atoms with Gasteiger partial charge in [0.25, 0.3) is 0 Å². The molecule has 0 radical (unpaired) electrons. The second-order valence-electron chi connectivity index (χ2n) is 9.94. The van der Waals surface area contributed by atoms with E-state index in [9.17, 15) is 0 Å². The van der Waals surface area contributed by atoms with Crippen LogP contribution in [0.1, 0.15) is 52.7 Å². The molecule has 4 rings (SSSR count). The van der Waals surface area contributed by atoms with Crippen LogP contribution >= 0.6 is 11.6 Å². The van der Waals surface area contributed by atoms with Crippen LogP contribution in [-0.4, -0.2) is 61.3 Å². The second kappa shape index (κ2) is 9.36. The number of quaternary nitrogens is 1. The van der Waals surface area contributed by atoms with Crippen LogP contribution < -0.4 is 9.64 Å². The lowest BCUT2D eigenvalue weighted by Gasteiger charge is -2.40. The summed E-state index contributed by atoms with van der Waals surface area (Å²) in [5.41, 5.74) is -0.617. The summed E-state index contributed by atoms with van der Waals surface area (Å²) in [4.78, 5) is 5.54. The van der Waals surface area contributed by atoms with Crippen molar-refractivity contribution in [3.63, 3.8) is 0 Å². The number of rotatable bonds is 7. The molecule has 1 saturated heterocycles. The molecule has 10 nitrogen and oxygen atoms in total. The van der Waals surface area contributed by atoms with Gasteiger partial charge in [-0.1, -0.05) is 32.4 Å². The Hall–Kier alpha value is -2.56. The minimum Gasteiger partial charge on any atom is -0.466 e. The lowest BCUT2D eigenvalue weighted by molar-refractivity contribution is -0.964. The Balaban J connectivity index is 1.77. The third kappa shape index (κ3) is 5.02. The third-order valence-electron chi connectivity index (χ3n) is 6.22. The van der Waals surface area contributed by atoms with E-state index in [1.165, 1.54) is 11.2 Å². The molecule has 1 aliphatic heterocycles. The fourth-order valence-electron chi connectivity index (χ4n) is 4.37. The Labute approximate surface area is 198 Å². The van der Waals surface area contributed by atoms with E-state index in [0.29, 0.717) is 10.8 Å². The molecule has 0 unspecified atom stereocenters. The van der Waals surface area contributed by atoms with E-state index in [1.807, 2.05) is 16.8 Å². The van der Waals surface area contributed by atoms with Gasteiger partial charge < -0.3 is 14.4 Å². The van der Waals surface area contributed by atoms with E-state index >= 15 is 0 Å². The smallest absolute Gasteiger partial charge is 0.215 e. The van der Waals surface area contributed by atoms with E-state index < -0.39 is 6.23 Å². The molecule has 3 heterocycles. The van der Waals surface area contributed by atoms with Crippen molar-refractivity contribution in [2.75, 3.05) is 26.3 Å². The lowest BCUT2D eigenvalue weighted by atomic mass is 9.85. The number of hydrogen-bond donors (Lipinski definition) is 1. The largest absolute Gasteiger partial charge is 0.466 e. The van der Waals surface area contributed by atoms with Gasteiger partial charge in [0, 0.05) is 5.02 Å². The van der Waals surface area contributed by atoms with Crippen LogP contribution in [0.2, 0.25) is 5.02 Å². The van der Waals surface area contributed by atoms with Crippen LogP contribution in [0.5, 0.6) is 5.75 Å². The van der Waals surface area contributed by atoms with Crippen molar-refractivity contribution in [1.82, 2.24) is 35.0 Å². The van der Waals surface area contributed by atoms with Crippen molar-refractivity contribution in [2.45, 2.75) is 52.4 Å². The molecular weight excluding hydrogens is 444 g/mol. The lowest BCUT2D eigenvalue weighted by Crippen LogP contribution is -3.19. The molecule has 0 aliphatic carbocycles. The second-order valence-corrected chi connectivity index (χ2v) is 10.4. The number of morpholine rings is 1. The zero-order valence-electron chi connectivity index (χ0n) is 19.8. The SMILES string of the molecule is CC(C)(C)[C@H]([C@H](Oc1ccc(Cl)cc1)n1cncn1)n1nnnc1C(C)(C)[NH+]1CCOCC1. The first-order chi connectivity index (χ1) is 15.7. The molecule has 1 fully saturated rings. The van der Waals surface area contributed by atoms with Gasteiger partial charge in [-0.2, -0.15) is 5.10 Å². The molecule has 0 saturated carbocycles. The van der Waals surface area contributed by atoms with Gasteiger partial charge in [-0.15, -0.1) is 5.10 Å². The van der Waals surface area contributed by atoms with Gasteiger partial charge in [0.1, 0.15) is 37.5 Å². The Morgan fingerprint density at radius 1 is 1.09 bits per heavy atom. The third-order valence-corrected chi connectivity index (χ3v) is 6.47. The normalized spacial score (nSPS) is 17.6. The maximum atomic E-state index is 6.50. The monoisotopic (exact) mass is 475 g/mol. The van der Waals surface area contributed by atoms with E-state index in [2.05, 4.69) is 60.2 Å². The first-order valence-corrected chi connectivity index (χ1v) is 11.5. The van der Waals surface area contributed by atoms with Crippen molar-refractivity contribution >= 4 is 11.6 Å². The highest BCUT2D eigenvalue weighted by molar-refractivity contribution is 6.30. The summed E-state index contributed by atoms with van der Waals surface area (Å²) in [5, 5.41) is 18.1. The number of benzene rings is 1. The number of nitrogens with one attached hydrogen (secondary N) is 1. The fraction of sp³-hybridized carbons (Fsp3) is 0.591. The highest BCUT2D eigenvalue weighted by Crippen LogP contribution is 2.41.